The highest BCUT2D eigenvalue weighted by Gasteiger charge is 2.32. The monoisotopic (exact) mass is 370 g/mol. The number of amidine groups is 1. The first-order valence-electron chi connectivity index (χ1n) is 8.27. The number of hydrogen-bond donors (Lipinski definition) is 2. The highest BCUT2D eigenvalue weighted by Crippen LogP contribution is 2.31. The van der Waals surface area contributed by atoms with Gasteiger partial charge in [-0.1, -0.05) is 43.8 Å². The van der Waals surface area contributed by atoms with Crippen molar-refractivity contribution in [3.05, 3.63) is 71.6 Å². The lowest BCUT2D eigenvalue weighted by atomic mass is 9.91. The molecule has 0 saturated heterocycles. The second-order valence-corrected chi connectivity index (χ2v) is 7.33. The topological polar surface area (TPSA) is 61.7 Å². The number of carboxylic acids is 1. The summed E-state index contributed by atoms with van der Waals surface area (Å²) < 4.78 is 13.3. The van der Waals surface area contributed by atoms with E-state index in [1.807, 2.05) is 44.2 Å². The average Bonchev–Trinajstić information content (AvgIpc) is 2.62. The minimum atomic E-state index is -1.02. The molecular formula is C20H19FN2O2S. The maximum absolute atomic E-state index is 13.3. The van der Waals surface area contributed by atoms with Gasteiger partial charge in [-0.25, -0.2) is 9.18 Å². The van der Waals surface area contributed by atoms with E-state index in [1.165, 1.54) is 23.9 Å². The molecule has 2 aromatic carbocycles. The third kappa shape index (κ3) is 3.96. The van der Waals surface area contributed by atoms with Crippen LogP contribution in [0, 0.1) is 11.7 Å². The summed E-state index contributed by atoms with van der Waals surface area (Å²) in [7, 11) is 0. The first kappa shape index (κ1) is 18.2. The summed E-state index contributed by atoms with van der Waals surface area (Å²) in [6.45, 7) is 3.88. The molecule has 6 heteroatoms. The van der Waals surface area contributed by atoms with Crippen molar-refractivity contribution >= 4 is 28.6 Å². The molecule has 0 fully saturated rings. The second kappa shape index (κ2) is 7.74. The van der Waals surface area contributed by atoms with E-state index in [9.17, 15) is 14.3 Å². The van der Waals surface area contributed by atoms with Gasteiger partial charge in [0.25, 0.3) is 0 Å². The number of nitrogens with zero attached hydrogens (tertiary/aromatic N) is 1. The smallest absolute Gasteiger partial charge is 0.335 e. The van der Waals surface area contributed by atoms with Crippen LogP contribution in [0.5, 0.6) is 0 Å². The van der Waals surface area contributed by atoms with Crippen LogP contribution >= 0.6 is 11.8 Å². The third-order valence-corrected chi connectivity index (χ3v) is 4.91. The molecule has 0 aliphatic carbocycles. The van der Waals surface area contributed by atoms with Gasteiger partial charge in [0.15, 0.2) is 5.17 Å². The van der Waals surface area contributed by atoms with Crippen molar-refractivity contribution in [3.63, 3.8) is 0 Å². The van der Waals surface area contributed by atoms with Crippen LogP contribution in [0.1, 0.15) is 19.4 Å². The Labute approximate surface area is 155 Å². The number of carboxylic acid groups (broad SMARTS) is 1. The van der Waals surface area contributed by atoms with Crippen LogP contribution in [-0.4, -0.2) is 22.3 Å². The molecule has 1 aliphatic rings. The number of carbonyl (C=O) groups is 1. The van der Waals surface area contributed by atoms with Crippen molar-refractivity contribution in [2.75, 3.05) is 0 Å². The summed E-state index contributed by atoms with van der Waals surface area (Å²) in [5, 5.41) is 13.5. The summed E-state index contributed by atoms with van der Waals surface area (Å²) in [6, 6.07) is 15.1. The van der Waals surface area contributed by atoms with Gasteiger partial charge in [0.1, 0.15) is 5.82 Å². The highest BCUT2D eigenvalue weighted by molar-refractivity contribution is 8.13. The van der Waals surface area contributed by atoms with E-state index in [1.54, 1.807) is 12.1 Å². The van der Waals surface area contributed by atoms with Crippen molar-refractivity contribution in [2.45, 2.75) is 24.8 Å². The molecule has 4 nitrogen and oxygen atoms in total. The lowest BCUT2D eigenvalue weighted by molar-refractivity contribution is -0.133. The predicted molar refractivity (Wildman–Crippen MR) is 102 cm³/mol. The van der Waals surface area contributed by atoms with Crippen molar-refractivity contribution in [2.24, 2.45) is 10.9 Å². The number of hydrogen-bond acceptors (Lipinski definition) is 4. The molecule has 2 N–H and O–H groups in total. The van der Waals surface area contributed by atoms with Crippen LogP contribution in [0.3, 0.4) is 0 Å². The number of thioether (sulfide) groups is 1. The molecule has 0 spiro atoms. The van der Waals surface area contributed by atoms with Gasteiger partial charge >= 0.3 is 5.97 Å². The van der Waals surface area contributed by atoms with Gasteiger partial charge in [0.05, 0.1) is 17.3 Å². The molecule has 0 bridgehead atoms. The lowest BCUT2D eigenvalue weighted by Gasteiger charge is -2.28. The van der Waals surface area contributed by atoms with Crippen LogP contribution in [0.4, 0.5) is 4.39 Å². The van der Waals surface area contributed by atoms with Gasteiger partial charge < -0.3 is 10.4 Å². The molecule has 0 radical (unpaired) electrons. The number of rotatable bonds is 4. The van der Waals surface area contributed by atoms with Crippen LogP contribution in [0.2, 0.25) is 0 Å². The Morgan fingerprint density at radius 3 is 2.38 bits per heavy atom. The fourth-order valence-electron chi connectivity index (χ4n) is 2.76. The Hall–Kier alpha value is -2.60. The maximum atomic E-state index is 13.3. The molecule has 3 rings (SSSR count). The van der Waals surface area contributed by atoms with Gasteiger partial charge in [-0.15, -0.1) is 0 Å². The predicted octanol–water partition coefficient (Wildman–Crippen LogP) is 4.40. The van der Waals surface area contributed by atoms with E-state index in [0.717, 1.165) is 4.90 Å². The van der Waals surface area contributed by atoms with Gasteiger partial charge in [-0.2, -0.15) is 0 Å². The molecule has 2 aromatic rings. The Bertz CT molecular complexity index is 861. The Balaban J connectivity index is 2.03. The van der Waals surface area contributed by atoms with Crippen LogP contribution in [0.15, 0.2) is 70.1 Å². The summed E-state index contributed by atoms with van der Waals surface area (Å²) in [6.07, 6.45) is 0. The fraction of sp³-hybridized carbons (Fsp3) is 0.200. The van der Waals surface area contributed by atoms with Gasteiger partial charge in [0.2, 0.25) is 0 Å². The molecular weight excluding hydrogens is 351 g/mol. The van der Waals surface area contributed by atoms with Crippen molar-refractivity contribution < 1.29 is 14.3 Å². The lowest BCUT2D eigenvalue weighted by Crippen LogP contribution is -2.35. The van der Waals surface area contributed by atoms with E-state index in [2.05, 4.69) is 10.3 Å². The first-order valence-corrected chi connectivity index (χ1v) is 9.08. The molecule has 0 amide bonds. The molecule has 134 valence electrons. The van der Waals surface area contributed by atoms with Gasteiger partial charge in [0, 0.05) is 4.90 Å². The zero-order chi connectivity index (χ0) is 18.7. The van der Waals surface area contributed by atoms with Gasteiger partial charge in [-0.05, 0) is 47.9 Å². The van der Waals surface area contributed by atoms with Gasteiger partial charge in [-0.3, -0.25) is 4.99 Å². The summed E-state index contributed by atoms with van der Waals surface area (Å²) in [5.74, 6) is -1.39. The normalized spacial score (nSPS) is 17.1. The molecule has 26 heavy (non-hydrogen) atoms. The number of aliphatic imine (C=N–C) groups is 1. The van der Waals surface area contributed by atoms with E-state index >= 15 is 0 Å². The minimum absolute atomic E-state index is 0.00465. The highest BCUT2D eigenvalue weighted by atomic mass is 32.2. The van der Waals surface area contributed by atoms with Crippen LogP contribution in [-0.2, 0) is 4.79 Å². The van der Waals surface area contributed by atoms with E-state index in [4.69, 9.17) is 0 Å². The van der Waals surface area contributed by atoms with E-state index in [-0.39, 0.29) is 17.3 Å². The zero-order valence-corrected chi connectivity index (χ0v) is 15.3. The largest absolute Gasteiger partial charge is 0.478 e. The van der Waals surface area contributed by atoms with Crippen LogP contribution in [0.25, 0.3) is 5.70 Å². The summed E-state index contributed by atoms with van der Waals surface area (Å²) >= 11 is 1.44. The summed E-state index contributed by atoms with van der Waals surface area (Å²) in [4.78, 5) is 17.6. The Morgan fingerprint density at radius 1 is 1.15 bits per heavy atom. The Kier molecular flexibility index (Phi) is 5.42. The number of aliphatic carboxylic acids is 1. The molecule has 1 unspecified atom stereocenters. The molecule has 1 atom stereocenters. The quantitative estimate of drug-likeness (QED) is 0.838. The number of benzene rings is 2. The standard InChI is InChI=1S/C20H19FN2O2S/c1-12(2)17-16(19(24)25)18(13-8-10-14(21)11-9-13)23-20(22-17)26-15-6-4-3-5-7-15/h3-12,17H,1-2H3,(H,22,23)(H,24,25). The van der Waals surface area contributed by atoms with Crippen molar-refractivity contribution in [3.8, 4) is 0 Å². The zero-order valence-electron chi connectivity index (χ0n) is 14.4. The molecule has 1 heterocycles. The van der Waals surface area contributed by atoms with Crippen molar-refractivity contribution in [1.29, 1.82) is 0 Å². The SMILES string of the molecule is CC(C)C1N=C(Sc2ccccc2)NC(c2ccc(F)cc2)=C1C(=O)O. The first-order chi connectivity index (χ1) is 12.5. The van der Waals surface area contributed by atoms with Crippen molar-refractivity contribution in [1.82, 2.24) is 5.32 Å². The fourth-order valence-corrected chi connectivity index (χ4v) is 3.59. The number of halogens is 1. The summed E-state index contributed by atoms with van der Waals surface area (Å²) in [5.41, 5.74) is 1.28. The Morgan fingerprint density at radius 2 is 1.81 bits per heavy atom. The minimum Gasteiger partial charge on any atom is -0.478 e. The number of nitrogens with one attached hydrogen (secondary N) is 1. The van der Waals surface area contributed by atoms with E-state index in [0.29, 0.717) is 16.4 Å². The maximum Gasteiger partial charge on any atom is 0.335 e. The molecule has 0 aromatic heterocycles. The average molecular weight is 370 g/mol. The molecule has 0 saturated carbocycles. The second-order valence-electron chi connectivity index (χ2n) is 6.26. The van der Waals surface area contributed by atoms with Crippen LogP contribution < -0.4 is 5.32 Å². The third-order valence-electron chi connectivity index (χ3n) is 4.01. The van der Waals surface area contributed by atoms with E-state index < -0.39 is 12.0 Å². The molecule has 1 aliphatic heterocycles.